The fourth-order valence-corrected chi connectivity index (χ4v) is 2.68. The van der Waals surface area contributed by atoms with Crippen LogP contribution in [0, 0.1) is 0 Å². The van der Waals surface area contributed by atoms with Crippen molar-refractivity contribution in [2.75, 3.05) is 12.8 Å². The molecular weight excluding hydrogens is 300 g/mol. The quantitative estimate of drug-likeness (QED) is 0.872. The van der Waals surface area contributed by atoms with Gasteiger partial charge in [-0.1, -0.05) is 26.0 Å². The minimum atomic E-state index is -0.162. The van der Waals surface area contributed by atoms with E-state index in [9.17, 15) is 4.79 Å². The summed E-state index contributed by atoms with van der Waals surface area (Å²) in [6.07, 6.45) is 0. The average Bonchev–Trinajstić information content (AvgIpc) is 2.91. The molecule has 0 saturated carbocycles. The van der Waals surface area contributed by atoms with Gasteiger partial charge in [-0.05, 0) is 50.5 Å². The number of amides is 1. The highest BCUT2D eigenvalue weighted by Crippen LogP contribution is 2.24. The van der Waals surface area contributed by atoms with Gasteiger partial charge < -0.3 is 10.6 Å². The molecule has 0 aliphatic heterocycles. The standard InChI is InChI=1S/C19H28N4O/c1-13(2)17-11-16(21-23(17)19(3,4)5)18(24)22(6)12-14-8-7-9-15(20)10-14/h7-11,13H,12,20H2,1-6H3. The molecule has 5 nitrogen and oxygen atoms in total. The molecule has 2 N–H and O–H groups in total. The summed E-state index contributed by atoms with van der Waals surface area (Å²) in [5, 5.41) is 4.58. The van der Waals surface area contributed by atoms with Crippen LogP contribution >= 0.6 is 0 Å². The van der Waals surface area contributed by atoms with Crippen molar-refractivity contribution in [3.63, 3.8) is 0 Å². The Morgan fingerprint density at radius 1 is 1.29 bits per heavy atom. The van der Waals surface area contributed by atoms with E-state index in [4.69, 9.17) is 5.73 Å². The predicted octanol–water partition coefficient (Wildman–Crippen LogP) is 3.62. The van der Waals surface area contributed by atoms with Gasteiger partial charge in [-0.2, -0.15) is 5.10 Å². The Kier molecular flexibility index (Phi) is 5.02. The number of nitrogens with zero attached hydrogens (tertiary/aromatic N) is 3. The van der Waals surface area contributed by atoms with Crippen molar-refractivity contribution in [2.45, 2.75) is 52.6 Å². The van der Waals surface area contributed by atoms with Gasteiger partial charge in [-0.15, -0.1) is 0 Å². The fourth-order valence-electron chi connectivity index (χ4n) is 2.68. The van der Waals surface area contributed by atoms with Gasteiger partial charge in [-0.25, -0.2) is 0 Å². The number of rotatable bonds is 4. The van der Waals surface area contributed by atoms with Crippen LogP contribution in [-0.4, -0.2) is 27.6 Å². The Morgan fingerprint density at radius 2 is 1.96 bits per heavy atom. The fraction of sp³-hybridized carbons (Fsp3) is 0.474. The lowest BCUT2D eigenvalue weighted by molar-refractivity contribution is 0.0777. The smallest absolute Gasteiger partial charge is 0.274 e. The Labute approximate surface area is 144 Å². The molecule has 1 heterocycles. The lowest BCUT2D eigenvalue weighted by Crippen LogP contribution is -2.28. The van der Waals surface area contributed by atoms with Gasteiger partial charge in [0.1, 0.15) is 0 Å². The molecule has 1 aromatic carbocycles. The molecule has 2 rings (SSSR count). The summed E-state index contributed by atoms with van der Waals surface area (Å²) < 4.78 is 1.96. The minimum Gasteiger partial charge on any atom is -0.399 e. The zero-order chi connectivity index (χ0) is 18.1. The molecule has 2 aromatic rings. The van der Waals surface area contributed by atoms with Crippen molar-refractivity contribution in [3.05, 3.63) is 47.3 Å². The molecule has 0 unspecified atom stereocenters. The Bertz CT molecular complexity index is 725. The van der Waals surface area contributed by atoms with E-state index in [1.165, 1.54) is 0 Å². The van der Waals surface area contributed by atoms with Crippen LogP contribution in [0.4, 0.5) is 5.69 Å². The van der Waals surface area contributed by atoms with E-state index in [1.807, 2.05) is 35.0 Å². The number of hydrogen-bond acceptors (Lipinski definition) is 3. The van der Waals surface area contributed by atoms with Gasteiger partial charge in [0.15, 0.2) is 5.69 Å². The van der Waals surface area contributed by atoms with Crippen LogP contribution < -0.4 is 5.73 Å². The van der Waals surface area contributed by atoms with E-state index < -0.39 is 0 Å². The van der Waals surface area contributed by atoms with Gasteiger partial charge in [-0.3, -0.25) is 9.48 Å². The number of nitrogens with two attached hydrogens (primary N) is 1. The highest BCUT2D eigenvalue weighted by Gasteiger charge is 2.25. The molecule has 0 aliphatic rings. The van der Waals surface area contributed by atoms with Gasteiger partial charge >= 0.3 is 0 Å². The molecule has 0 saturated heterocycles. The molecular formula is C19H28N4O. The first-order valence-electron chi connectivity index (χ1n) is 8.30. The van der Waals surface area contributed by atoms with Crippen molar-refractivity contribution in [1.82, 2.24) is 14.7 Å². The van der Waals surface area contributed by atoms with E-state index >= 15 is 0 Å². The van der Waals surface area contributed by atoms with Crippen molar-refractivity contribution in [2.24, 2.45) is 0 Å². The molecule has 1 amide bonds. The largest absolute Gasteiger partial charge is 0.399 e. The zero-order valence-electron chi connectivity index (χ0n) is 15.5. The van der Waals surface area contributed by atoms with E-state index in [0.717, 1.165) is 11.3 Å². The number of carbonyl (C=O) groups is 1. The molecule has 0 radical (unpaired) electrons. The van der Waals surface area contributed by atoms with Gasteiger partial charge in [0.25, 0.3) is 5.91 Å². The second kappa shape index (κ2) is 6.67. The third-order valence-electron chi connectivity index (χ3n) is 3.90. The van der Waals surface area contributed by atoms with Crippen molar-refractivity contribution >= 4 is 11.6 Å². The molecule has 0 atom stereocenters. The lowest BCUT2D eigenvalue weighted by Gasteiger charge is -2.23. The van der Waals surface area contributed by atoms with E-state index in [-0.39, 0.29) is 11.4 Å². The first kappa shape index (κ1) is 18.0. The van der Waals surface area contributed by atoms with Crippen LogP contribution in [0.5, 0.6) is 0 Å². The van der Waals surface area contributed by atoms with Crippen molar-refractivity contribution in [1.29, 1.82) is 0 Å². The van der Waals surface area contributed by atoms with Crippen molar-refractivity contribution in [3.8, 4) is 0 Å². The maximum Gasteiger partial charge on any atom is 0.274 e. The molecule has 24 heavy (non-hydrogen) atoms. The van der Waals surface area contributed by atoms with Crippen LogP contribution in [0.2, 0.25) is 0 Å². The summed E-state index contributed by atoms with van der Waals surface area (Å²) in [5.74, 6) is 0.222. The average molecular weight is 328 g/mol. The zero-order valence-corrected chi connectivity index (χ0v) is 15.5. The third kappa shape index (κ3) is 3.96. The van der Waals surface area contributed by atoms with Gasteiger partial charge in [0.2, 0.25) is 0 Å². The Hall–Kier alpha value is -2.30. The van der Waals surface area contributed by atoms with Gasteiger partial charge in [0.05, 0.1) is 5.54 Å². The highest BCUT2D eigenvalue weighted by atomic mass is 16.2. The Balaban J connectivity index is 2.26. The molecule has 130 valence electrons. The Morgan fingerprint density at radius 3 is 2.46 bits per heavy atom. The number of nitrogen functional groups attached to an aromatic ring is 1. The summed E-state index contributed by atoms with van der Waals surface area (Å²) in [6.45, 7) is 11.0. The summed E-state index contributed by atoms with van der Waals surface area (Å²) in [7, 11) is 1.79. The van der Waals surface area contributed by atoms with E-state index in [1.54, 1.807) is 11.9 Å². The molecule has 0 bridgehead atoms. The number of carbonyl (C=O) groups excluding carboxylic acids is 1. The SMILES string of the molecule is CC(C)c1cc(C(=O)N(C)Cc2cccc(N)c2)nn1C(C)(C)C. The summed E-state index contributed by atoms with van der Waals surface area (Å²) in [5.41, 5.74) is 8.91. The number of benzene rings is 1. The minimum absolute atomic E-state index is 0.0812. The molecule has 0 spiro atoms. The van der Waals surface area contributed by atoms with Crippen LogP contribution in [0.25, 0.3) is 0 Å². The highest BCUT2D eigenvalue weighted by molar-refractivity contribution is 5.92. The second-order valence-electron chi connectivity index (χ2n) is 7.60. The molecule has 0 fully saturated rings. The maximum absolute atomic E-state index is 12.8. The summed E-state index contributed by atoms with van der Waals surface area (Å²) in [6, 6.07) is 9.50. The maximum atomic E-state index is 12.8. The topological polar surface area (TPSA) is 64.2 Å². The normalized spacial score (nSPS) is 11.8. The number of anilines is 1. The predicted molar refractivity (Wildman–Crippen MR) is 98.0 cm³/mol. The van der Waals surface area contributed by atoms with Crippen LogP contribution in [0.15, 0.2) is 30.3 Å². The molecule has 1 aromatic heterocycles. The second-order valence-corrected chi connectivity index (χ2v) is 7.60. The summed E-state index contributed by atoms with van der Waals surface area (Å²) >= 11 is 0. The first-order valence-corrected chi connectivity index (χ1v) is 8.30. The monoisotopic (exact) mass is 328 g/mol. The molecule has 5 heteroatoms. The van der Waals surface area contributed by atoms with Crippen LogP contribution in [0.3, 0.4) is 0 Å². The number of hydrogen-bond donors (Lipinski definition) is 1. The van der Waals surface area contributed by atoms with Gasteiger partial charge in [0, 0.05) is 25.0 Å². The summed E-state index contributed by atoms with van der Waals surface area (Å²) in [4.78, 5) is 14.4. The number of aromatic nitrogens is 2. The third-order valence-corrected chi connectivity index (χ3v) is 3.90. The van der Waals surface area contributed by atoms with E-state index in [2.05, 4.69) is 39.7 Å². The van der Waals surface area contributed by atoms with Crippen LogP contribution in [-0.2, 0) is 12.1 Å². The van der Waals surface area contributed by atoms with E-state index in [0.29, 0.717) is 23.8 Å². The lowest BCUT2D eigenvalue weighted by atomic mass is 10.1. The van der Waals surface area contributed by atoms with Crippen molar-refractivity contribution < 1.29 is 4.79 Å². The van der Waals surface area contributed by atoms with Crippen LogP contribution in [0.1, 0.15) is 62.3 Å². The molecule has 0 aliphatic carbocycles. The first-order chi connectivity index (χ1) is 11.1.